The number of nitrogens with two attached hydrogens (primary N) is 1. The van der Waals surface area contributed by atoms with Crippen molar-refractivity contribution in [2.24, 2.45) is 5.73 Å². The number of carbonyl (C=O) groups excluding carboxylic acids is 1. The van der Waals surface area contributed by atoms with Crippen LogP contribution in [0, 0.1) is 11.6 Å². The van der Waals surface area contributed by atoms with Crippen molar-refractivity contribution in [3.63, 3.8) is 0 Å². The minimum Gasteiger partial charge on any atom is -0.488 e. The summed E-state index contributed by atoms with van der Waals surface area (Å²) in [5.41, 5.74) is 8.76. The van der Waals surface area contributed by atoms with Gasteiger partial charge in [-0.15, -0.1) is 0 Å². The molecule has 2 aromatic carbocycles. The molecule has 0 unspecified atom stereocenters. The maximum Gasteiger partial charge on any atom is 0.310 e. The molecule has 182 valence electrons. The quantitative estimate of drug-likeness (QED) is 0.262. The summed E-state index contributed by atoms with van der Waals surface area (Å²) in [5, 5.41) is 0.299. The van der Waals surface area contributed by atoms with E-state index in [0.717, 1.165) is 5.56 Å². The van der Waals surface area contributed by atoms with Gasteiger partial charge in [-0.3, -0.25) is 9.78 Å². The predicted octanol–water partition coefficient (Wildman–Crippen LogP) is 4.54. The lowest BCUT2D eigenvalue weighted by molar-refractivity contribution is -0.144. The fraction of sp³-hybridized carbons (Fsp3) is 0.231. The molecule has 4 rings (SSSR count). The van der Waals surface area contributed by atoms with Gasteiger partial charge in [-0.25, -0.2) is 8.78 Å². The van der Waals surface area contributed by atoms with Crippen molar-refractivity contribution >= 4 is 16.9 Å². The lowest BCUT2D eigenvalue weighted by Gasteiger charge is -2.14. The van der Waals surface area contributed by atoms with Gasteiger partial charge in [0.05, 0.1) is 30.4 Å². The third-order valence-corrected chi connectivity index (χ3v) is 5.37. The molecule has 35 heavy (non-hydrogen) atoms. The number of fused-ring (bicyclic) bond motifs is 1. The number of rotatable bonds is 10. The van der Waals surface area contributed by atoms with Crippen molar-refractivity contribution in [1.82, 2.24) is 4.98 Å². The molecule has 0 aliphatic carbocycles. The van der Waals surface area contributed by atoms with Crippen molar-refractivity contribution in [3.8, 4) is 16.9 Å². The highest BCUT2D eigenvalue weighted by molar-refractivity contribution is 5.93. The number of carbonyl (C=O) groups is 1. The molecule has 2 N–H and O–H groups in total. The second kappa shape index (κ2) is 11.1. The van der Waals surface area contributed by atoms with E-state index >= 15 is 4.39 Å². The molecular formula is C26H24F2N2O5. The molecule has 2 aromatic heterocycles. The SMILES string of the molecule is COCCOC(=O)Cc1cc(F)ccc1OCc1cc(-c2ccnc(CN)c2)c2occc2c1F. The first-order chi connectivity index (χ1) is 17.0. The number of halogens is 2. The monoisotopic (exact) mass is 482 g/mol. The second-order valence-corrected chi connectivity index (χ2v) is 7.73. The fourth-order valence-electron chi connectivity index (χ4n) is 3.67. The summed E-state index contributed by atoms with van der Waals surface area (Å²) >= 11 is 0. The number of benzene rings is 2. The molecule has 4 aromatic rings. The van der Waals surface area contributed by atoms with Gasteiger partial charge in [-0.2, -0.15) is 0 Å². The van der Waals surface area contributed by atoms with E-state index in [0.29, 0.717) is 27.8 Å². The smallest absolute Gasteiger partial charge is 0.310 e. The van der Waals surface area contributed by atoms with Gasteiger partial charge in [0, 0.05) is 36.5 Å². The highest BCUT2D eigenvalue weighted by Gasteiger charge is 2.18. The van der Waals surface area contributed by atoms with Gasteiger partial charge in [-0.1, -0.05) is 0 Å². The molecule has 0 fully saturated rings. The zero-order valence-corrected chi connectivity index (χ0v) is 19.1. The maximum atomic E-state index is 15.3. The lowest BCUT2D eigenvalue weighted by atomic mass is 10.00. The molecule has 0 aliphatic heterocycles. The van der Waals surface area contributed by atoms with E-state index in [9.17, 15) is 9.18 Å². The molecule has 0 saturated heterocycles. The van der Waals surface area contributed by atoms with E-state index in [-0.39, 0.29) is 44.1 Å². The fourth-order valence-corrected chi connectivity index (χ4v) is 3.67. The van der Waals surface area contributed by atoms with Crippen LogP contribution in [0.15, 0.2) is 59.3 Å². The van der Waals surface area contributed by atoms with E-state index in [1.165, 1.54) is 31.6 Å². The molecule has 0 spiro atoms. The van der Waals surface area contributed by atoms with E-state index in [2.05, 4.69) is 4.98 Å². The summed E-state index contributed by atoms with van der Waals surface area (Å²) in [5.74, 6) is -1.33. The average Bonchev–Trinajstić information content (AvgIpc) is 3.35. The van der Waals surface area contributed by atoms with Gasteiger partial charge in [0.2, 0.25) is 0 Å². The molecule has 2 heterocycles. The van der Waals surface area contributed by atoms with Crippen molar-refractivity contribution in [2.75, 3.05) is 20.3 Å². The number of ether oxygens (including phenoxy) is 3. The molecule has 0 atom stereocenters. The van der Waals surface area contributed by atoms with Gasteiger partial charge in [0.15, 0.2) is 0 Å². The van der Waals surface area contributed by atoms with E-state index in [1.807, 2.05) is 6.07 Å². The Labute approximate surface area is 200 Å². The lowest BCUT2D eigenvalue weighted by Crippen LogP contribution is -2.13. The third-order valence-electron chi connectivity index (χ3n) is 5.37. The molecule has 0 aliphatic rings. The molecule has 0 bridgehead atoms. The van der Waals surface area contributed by atoms with E-state index < -0.39 is 17.6 Å². The molecule has 0 radical (unpaired) electrons. The standard InChI is InChI=1S/C26H24F2N2O5/c1-32-8-9-33-24(31)13-17-10-19(27)2-3-23(17)35-15-18-12-22(16-4-6-30-20(11-16)14-29)26-21(25(18)28)5-7-34-26/h2-7,10-12H,8-9,13-15,29H2,1H3. The van der Waals surface area contributed by atoms with Crippen LogP contribution in [0.4, 0.5) is 8.78 Å². The Kier molecular flexibility index (Phi) is 7.69. The number of pyridine rings is 1. The van der Waals surface area contributed by atoms with Crippen LogP contribution in [-0.2, 0) is 33.8 Å². The average molecular weight is 482 g/mol. The number of methoxy groups -OCH3 is 1. The molecule has 0 saturated carbocycles. The third kappa shape index (κ3) is 5.64. The maximum absolute atomic E-state index is 15.3. The van der Waals surface area contributed by atoms with Crippen LogP contribution in [0.1, 0.15) is 16.8 Å². The Hall–Kier alpha value is -3.82. The normalized spacial score (nSPS) is 11.1. The molecule has 9 heteroatoms. The topological polar surface area (TPSA) is 96.8 Å². The van der Waals surface area contributed by atoms with Crippen LogP contribution < -0.4 is 10.5 Å². The van der Waals surface area contributed by atoms with Crippen molar-refractivity contribution < 1.29 is 32.2 Å². The Morgan fingerprint density at radius 1 is 1.09 bits per heavy atom. The van der Waals surface area contributed by atoms with Crippen LogP contribution in [0.25, 0.3) is 22.1 Å². The molecule has 0 amide bonds. The summed E-state index contributed by atoms with van der Waals surface area (Å²) < 4.78 is 50.4. The van der Waals surface area contributed by atoms with Gasteiger partial charge in [0.25, 0.3) is 0 Å². The molecular weight excluding hydrogens is 458 g/mol. The van der Waals surface area contributed by atoms with Crippen LogP contribution >= 0.6 is 0 Å². The number of hydrogen-bond acceptors (Lipinski definition) is 7. The first kappa shape index (κ1) is 24.3. The van der Waals surface area contributed by atoms with Gasteiger partial charge < -0.3 is 24.4 Å². The highest BCUT2D eigenvalue weighted by Crippen LogP contribution is 2.34. The minimum atomic E-state index is -0.556. The largest absolute Gasteiger partial charge is 0.488 e. The van der Waals surface area contributed by atoms with Crippen molar-refractivity contribution in [1.29, 1.82) is 0 Å². The Bertz CT molecular complexity index is 1340. The van der Waals surface area contributed by atoms with Gasteiger partial charge >= 0.3 is 5.97 Å². The number of aromatic nitrogens is 1. The van der Waals surface area contributed by atoms with Crippen molar-refractivity contribution in [2.45, 2.75) is 19.6 Å². The van der Waals surface area contributed by atoms with Crippen molar-refractivity contribution in [3.05, 3.63) is 83.4 Å². The van der Waals surface area contributed by atoms with Crippen LogP contribution in [-0.4, -0.2) is 31.3 Å². The zero-order valence-electron chi connectivity index (χ0n) is 19.1. The summed E-state index contributed by atoms with van der Waals surface area (Å²) in [4.78, 5) is 16.3. The summed E-state index contributed by atoms with van der Waals surface area (Å²) in [6.07, 6.45) is 2.84. The number of furan rings is 1. The van der Waals surface area contributed by atoms with E-state index in [1.54, 1.807) is 24.4 Å². The number of nitrogens with zero attached hydrogens (tertiary/aromatic N) is 1. The second-order valence-electron chi connectivity index (χ2n) is 7.73. The predicted molar refractivity (Wildman–Crippen MR) is 125 cm³/mol. The summed E-state index contributed by atoms with van der Waals surface area (Å²) in [7, 11) is 1.49. The highest BCUT2D eigenvalue weighted by atomic mass is 19.1. The van der Waals surface area contributed by atoms with Crippen LogP contribution in [0.2, 0.25) is 0 Å². The van der Waals surface area contributed by atoms with Crippen LogP contribution in [0.3, 0.4) is 0 Å². The number of esters is 1. The Morgan fingerprint density at radius 3 is 2.74 bits per heavy atom. The zero-order chi connectivity index (χ0) is 24.8. The first-order valence-electron chi connectivity index (χ1n) is 10.9. The molecule has 7 nitrogen and oxygen atoms in total. The van der Waals surface area contributed by atoms with E-state index in [4.69, 9.17) is 24.4 Å². The summed E-state index contributed by atoms with van der Waals surface area (Å²) in [6.45, 7) is 0.431. The van der Waals surface area contributed by atoms with Crippen LogP contribution in [0.5, 0.6) is 5.75 Å². The van der Waals surface area contributed by atoms with Gasteiger partial charge in [-0.05, 0) is 48.0 Å². The minimum absolute atomic E-state index is 0.0837. The Balaban J connectivity index is 1.61. The first-order valence-corrected chi connectivity index (χ1v) is 10.9. The van der Waals surface area contributed by atoms with Gasteiger partial charge in [0.1, 0.15) is 36.2 Å². The number of hydrogen-bond donors (Lipinski definition) is 1. The Morgan fingerprint density at radius 2 is 1.94 bits per heavy atom. The summed E-state index contributed by atoms with van der Waals surface area (Å²) in [6, 6.07) is 10.6.